The molecule has 3 rings (SSSR count). The summed E-state index contributed by atoms with van der Waals surface area (Å²) in [5, 5.41) is 3.54. The molecule has 1 aromatic heterocycles. The van der Waals surface area contributed by atoms with Crippen LogP contribution in [-0.2, 0) is 16.6 Å². The van der Waals surface area contributed by atoms with Crippen LogP contribution >= 0.6 is 11.3 Å². The number of likely N-dealkylation sites (N-methyl/N-ethyl adjacent to an activating group) is 1. The van der Waals surface area contributed by atoms with Gasteiger partial charge in [-0.05, 0) is 26.2 Å². The molecule has 0 spiro atoms. The Balaban J connectivity index is 1.67. The smallest absolute Gasteiger partial charge is 0.324 e. The third kappa shape index (κ3) is 3.20. The van der Waals surface area contributed by atoms with E-state index in [1.807, 2.05) is 6.92 Å². The number of rotatable bonds is 2. The number of piperazine rings is 1. The van der Waals surface area contributed by atoms with E-state index in [2.05, 4.69) is 24.1 Å². The van der Waals surface area contributed by atoms with Gasteiger partial charge in [-0.3, -0.25) is 10.1 Å². The lowest BCUT2D eigenvalue weighted by atomic mass is 9.79. The fraction of sp³-hybridized carbons (Fsp3) is 0.688. The first-order chi connectivity index (χ1) is 10.9. The van der Waals surface area contributed by atoms with Gasteiger partial charge in [0.25, 0.3) is 0 Å². The van der Waals surface area contributed by atoms with E-state index >= 15 is 0 Å². The van der Waals surface area contributed by atoms with Gasteiger partial charge in [-0.1, -0.05) is 13.8 Å². The molecule has 0 unspecified atom stereocenters. The zero-order chi connectivity index (χ0) is 16.6. The van der Waals surface area contributed by atoms with Crippen molar-refractivity contribution in [2.75, 3.05) is 31.5 Å². The highest BCUT2D eigenvalue weighted by molar-refractivity contribution is 7.15. The predicted octanol–water partition coefficient (Wildman–Crippen LogP) is 2.45. The van der Waals surface area contributed by atoms with E-state index in [1.165, 1.54) is 11.3 Å². The number of aryl methyl sites for hydroxylation is 1. The van der Waals surface area contributed by atoms with Gasteiger partial charge in [0.2, 0.25) is 5.91 Å². The molecule has 0 saturated carbocycles. The molecule has 1 aromatic rings. The molecular formula is C16H24N4O2S. The van der Waals surface area contributed by atoms with Crippen molar-refractivity contribution >= 4 is 28.4 Å². The molecule has 1 N–H and O–H groups in total. The normalized spacial score (nSPS) is 20.4. The van der Waals surface area contributed by atoms with E-state index in [-0.39, 0.29) is 23.9 Å². The van der Waals surface area contributed by atoms with Gasteiger partial charge >= 0.3 is 6.03 Å². The summed E-state index contributed by atoms with van der Waals surface area (Å²) in [5.41, 5.74) is 1.20. The van der Waals surface area contributed by atoms with Crippen LogP contribution in [0.5, 0.6) is 0 Å². The van der Waals surface area contributed by atoms with Gasteiger partial charge in [0, 0.05) is 29.9 Å². The van der Waals surface area contributed by atoms with Crippen molar-refractivity contribution in [2.24, 2.45) is 0 Å². The first kappa shape index (κ1) is 16.2. The van der Waals surface area contributed by atoms with Crippen LogP contribution in [0.15, 0.2) is 0 Å². The van der Waals surface area contributed by atoms with E-state index in [4.69, 9.17) is 0 Å². The second-order valence-electron chi connectivity index (χ2n) is 6.85. The average molecular weight is 336 g/mol. The lowest BCUT2D eigenvalue weighted by Crippen LogP contribution is -2.53. The number of hydrogen-bond donors (Lipinski definition) is 1. The Morgan fingerprint density at radius 3 is 2.83 bits per heavy atom. The molecule has 7 heteroatoms. The summed E-state index contributed by atoms with van der Waals surface area (Å²) in [6.07, 6.45) is 3.34. The Morgan fingerprint density at radius 2 is 2.17 bits per heavy atom. The van der Waals surface area contributed by atoms with Crippen molar-refractivity contribution in [2.45, 2.75) is 45.4 Å². The summed E-state index contributed by atoms with van der Waals surface area (Å²) in [4.78, 5) is 33.6. The topological polar surface area (TPSA) is 65.5 Å². The number of aromatic nitrogens is 1. The van der Waals surface area contributed by atoms with Crippen molar-refractivity contribution in [1.29, 1.82) is 0 Å². The van der Waals surface area contributed by atoms with Crippen LogP contribution in [0, 0.1) is 0 Å². The van der Waals surface area contributed by atoms with Crippen molar-refractivity contribution in [1.82, 2.24) is 14.8 Å². The Kier molecular flexibility index (Phi) is 4.31. The van der Waals surface area contributed by atoms with E-state index in [0.717, 1.165) is 18.5 Å². The first-order valence-electron chi connectivity index (χ1n) is 8.24. The van der Waals surface area contributed by atoms with E-state index in [9.17, 15) is 9.59 Å². The Bertz CT molecular complexity index is 626. The summed E-state index contributed by atoms with van der Waals surface area (Å²) in [7, 11) is 0. The van der Waals surface area contributed by atoms with Crippen LogP contribution in [0.3, 0.4) is 0 Å². The minimum atomic E-state index is -0.224. The van der Waals surface area contributed by atoms with Gasteiger partial charge in [-0.2, -0.15) is 0 Å². The number of amides is 3. The van der Waals surface area contributed by atoms with E-state index < -0.39 is 0 Å². The molecular weight excluding hydrogens is 312 g/mol. The van der Waals surface area contributed by atoms with E-state index in [1.54, 1.807) is 21.1 Å². The third-order valence-corrected chi connectivity index (χ3v) is 5.78. The largest absolute Gasteiger partial charge is 0.340 e. The van der Waals surface area contributed by atoms with E-state index in [0.29, 0.717) is 24.8 Å². The van der Waals surface area contributed by atoms with Crippen LogP contribution in [0.4, 0.5) is 9.93 Å². The fourth-order valence-electron chi connectivity index (χ4n) is 3.30. The molecule has 0 atom stereocenters. The van der Waals surface area contributed by atoms with Crippen LogP contribution in [-0.4, -0.2) is 52.9 Å². The molecule has 0 bridgehead atoms. The van der Waals surface area contributed by atoms with Gasteiger partial charge in [0.15, 0.2) is 5.13 Å². The van der Waals surface area contributed by atoms with Crippen LogP contribution in [0.25, 0.3) is 0 Å². The first-order valence-corrected chi connectivity index (χ1v) is 9.06. The quantitative estimate of drug-likeness (QED) is 0.902. The number of urea groups is 1. The highest BCUT2D eigenvalue weighted by atomic mass is 32.1. The van der Waals surface area contributed by atoms with Crippen LogP contribution in [0.2, 0.25) is 0 Å². The molecule has 1 aliphatic carbocycles. The maximum Gasteiger partial charge on any atom is 0.324 e. The second kappa shape index (κ2) is 6.11. The van der Waals surface area contributed by atoms with Crippen LogP contribution in [0.1, 0.15) is 44.2 Å². The third-order valence-electron chi connectivity index (χ3n) is 4.75. The minimum Gasteiger partial charge on any atom is -0.340 e. The zero-order valence-electron chi connectivity index (χ0n) is 14.0. The second-order valence-corrected chi connectivity index (χ2v) is 7.94. The lowest BCUT2D eigenvalue weighted by Gasteiger charge is -2.33. The Hall–Kier alpha value is -1.63. The number of carbonyl (C=O) groups excluding carboxylic acids is 2. The van der Waals surface area contributed by atoms with Crippen molar-refractivity contribution in [3.8, 4) is 0 Å². The summed E-state index contributed by atoms with van der Waals surface area (Å²) >= 11 is 1.57. The molecule has 2 aliphatic rings. The number of hydrogen-bond acceptors (Lipinski definition) is 4. The molecule has 23 heavy (non-hydrogen) atoms. The zero-order valence-corrected chi connectivity index (χ0v) is 14.8. The summed E-state index contributed by atoms with van der Waals surface area (Å²) in [5.74, 6) is 0.00784. The summed E-state index contributed by atoms with van der Waals surface area (Å²) in [6.45, 7) is 8.39. The molecule has 2 heterocycles. The number of carbonyl (C=O) groups is 2. The van der Waals surface area contributed by atoms with Crippen LogP contribution < -0.4 is 5.32 Å². The summed E-state index contributed by atoms with van der Waals surface area (Å²) < 4.78 is 0. The van der Waals surface area contributed by atoms with Gasteiger partial charge < -0.3 is 9.80 Å². The molecule has 0 radical (unpaired) electrons. The number of fused-ring (bicyclic) bond motifs is 1. The average Bonchev–Trinajstić information content (AvgIpc) is 2.91. The van der Waals surface area contributed by atoms with Gasteiger partial charge in [-0.25, -0.2) is 9.78 Å². The molecule has 1 fully saturated rings. The molecule has 3 amide bonds. The molecule has 1 aliphatic heterocycles. The van der Waals surface area contributed by atoms with Gasteiger partial charge in [0.05, 0.1) is 5.69 Å². The van der Waals surface area contributed by atoms with Crippen molar-refractivity contribution < 1.29 is 9.59 Å². The molecule has 1 saturated heterocycles. The minimum absolute atomic E-state index is 0.00784. The standard InChI is InChI=1S/C16H24N4O2S/c1-4-19-8-9-20(10-12(19)21)15(22)18-14-17-13-11(23-14)6-5-7-16(13,2)3/h4-10H2,1-3H3,(H,17,18,22). The monoisotopic (exact) mass is 336 g/mol. The number of nitrogens with zero attached hydrogens (tertiary/aromatic N) is 3. The molecule has 126 valence electrons. The Labute approximate surface area is 140 Å². The maximum atomic E-state index is 12.4. The highest BCUT2D eigenvalue weighted by Crippen LogP contribution is 2.40. The number of anilines is 1. The SMILES string of the molecule is CCN1CCN(C(=O)Nc2nc3c(s2)CCCC3(C)C)CC1=O. The molecule has 0 aromatic carbocycles. The maximum absolute atomic E-state index is 12.4. The van der Waals surface area contributed by atoms with Gasteiger partial charge in [0.1, 0.15) is 6.54 Å². The van der Waals surface area contributed by atoms with Gasteiger partial charge in [-0.15, -0.1) is 11.3 Å². The molecule has 6 nitrogen and oxygen atoms in total. The Morgan fingerprint density at radius 1 is 1.39 bits per heavy atom. The lowest BCUT2D eigenvalue weighted by molar-refractivity contribution is -0.134. The van der Waals surface area contributed by atoms with Crippen molar-refractivity contribution in [3.05, 3.63) is 10.6 Å². The van der Waals surface area contributed by atoms with Crippen molar-refractivity contribution in [3.63, 3.8) is 0 Å². The highest BCUT2D eigenvalue weighted by Gasteiger charge is 2.32. The fourth-order valence-corrected chi connectivity index (χ4v) is 4.47. The number of nitrogens with one attached hydrogen (secondary N) is 1. The predicted molar refractivity (Wildman–Crippen MR) is 90.9 cm³/mol. The summed E-state index contributed by atoms with van der Waals surface area (Å²) in [6, 6.07) is -0.224. The number of thiazole rings is 1.